The molecule has 2 aromatic carbocycles. The summed E-state index contributed by atoms with van der Waals surface area (Å²) in [6, 6.07) is 10.8. The summed E-state index contributed by atoms with van der Waals surface area (Å²) in [7, 11) is 0. The third-order valence-corrected chi connectivity index (χ3v) is 3.64. The zero-order chi connectivity index (χ0) is 13.7. The number of nitrogens with zero attached hydrogens (tertiary/aromatic N) is 4. The summed E-state index contributed by atoms with van der Waals surface area (Å²) >= 11 is 12.3. The Morgan fingerprint density at radius 1 is 0.800 bits per heavy atom. The SMILES string of the molecule is Clc1ccc2nc3nnc4cccc(Cl)c4c3nc2c1. The average Bonchev–Trinajstić information content (AvgIpc) is 2.45. The molecule has 0 amide bonds. The first-order chi connectivity index (χ1) is 9.72. The van der Waals surface area contributed by atoms with Crippen molar-refractivity contribution in [1.29, 1.82) is 0 Å². The fraction of sp³-hybridized carbons (Fsp3) is 0. The molecule has 20 heavy (non-hydrogen) atoms. The molecule has 0 fully saturated rings. The smallest absolute Gasteiger partial charge is 0.201 e. The summed E-state index contributed by atoms with van der Waals surface area (Å²) < 4.78 is 0. The molecule has 4 nitrogen and oxygen atoms in total. The first-order valence-electron chi connectivity index (χ1n) is 5.90. The zero-order valence-electron chi connectivity index (χ0n) is 10.0. The van der Waals surface area contributed by atoms with E-state index in [4.69, 9.17) is 23.2 Å². The first kappa shape index (κ1) is 11.8. The van der Waals surface area contributed by atoms with E-state index >= 15 is 0 Å². The van der Waals surface area contributed by atoms with E-state index < -0.39 is 0 Å². The Balaban J connectivity index is 2.26. The molecule has 0 aliphatic carbocycles. The second-order valence-corrected chi connectivity index (χ2v) is 5.21. The number of hydrogen-bond acceptors (Lipinski definition) is 4. The van der Waals surface area contributed by atoms with Gasteiger partial charge in [0.1, 0.15) is 5.52 Å². The van der Waals surface area contributed by atoms with Gasteiger partial charge in [-0.1, -0.05) is 29.3 Å². The molecule has 0 spiro atoms. The van der Waals surface area contributed by atoms with Crippen LogP contribution in [0, 0.1) is 0 Å². The summed E-state index contributed by atoms with van der Waals surface area (Å²) in [5.74, 6) is 0. The van der Waals surface area contributed by atoms with Gasteiger partial charge in [-0.3, -0.25) is 0 Å². The van der Waals surface area contributed by atoms with E-state index in [0.717, 1.165) is 10.9 Å². The van der Waals surface area contributed by atoms with Crippen molar-refractivity contribution in [1.82, 2.24) is 20.2 Å². The minimum Gasteiger partial charge on any atom is -0.242 e. The number of halogens is 2. The summed E-state index contributed by atoms with van der Waals surface area (Å²) in [6.45, 7) is 0. The van der Waals surface area contributed by atoms with Gasteiger partial charge in [0, 0.05) is 5.02 Å². The van der Waals surface area contributed by atoms with Gasteiger partial charge in [0.05, 0.1) is 27.0 Å². The third-order valence-electron chi connectivity index (χ3n) is 3.09. The highest BCUT2D eigenvalue weighted by Crippen LogP contribution is 2.28. The zero-order valence-corrected chi connectivity index (χ0v) is 11.5. The standard InChI is InChI=1S/C14H6Cl2N4/c15-7-4-5-9-11(6-7)17-13-12-8(16)2-1-3-10(12)19-20-14(13)18-9/h1-6H. The van der Waals surface area contributed by atoms with E-state index in [2.05, 4.69) is 20.2 Å². The topological polar surface area (TPSA) is 51.6 Å². The summed E-state index contributed by atoms with van der Waals surface area (Å²) in [4.78, 5) is 9.05. The van der Waals surface area contributed by atoms with Crippen LogP contribution in [-0.2, 0) is 0 Å². The molecule has 2 aromatic heterocycles. The Labute approximate surface area is 123 Å². The Morgan fingerprint density at radius 3 is 2.60 bits per heavy atom. The Kier molecular flexibility index (Phi) is 2.49. The fourth-order valence-electron chi connectivity index (χ4n) is 2.19. The van der Waals surface area contributed by atoms with Gasteiger partial charge < -0.3 is 0 Å². The second-order valence-electron chi connectivity index (χ2n) is 4.36. The molecule has 0 aliphatic heterocycles. The molecular formula is C14H6Cl2N4. The fourth-order valence-corrected chi connectivity index (χ4v) is 2.61. The molecule has 4 aromatic rings. The molecule has 0 bridgehead atoms. The number of benzene rings is 2. The van der Waals surface area contributed by atoms with E-state index in [0.29, 0.717) is 32.2 Å². The van der Waals surface area contributed by atoms with Crippen LogP contribution in [0.25, 0.3) is 33.1 Å². The molecule has 96 valence electrons. The number of hydrogen-bond donors (Lipinski definition) is 0. The maximum Gasteiger partial charge on any atom is 0.201 e. The van der Waals surface area contributed by atoms with Crippen molar-refractivity contribution < 1.29 is 0 Å². The van der Waals surface area contributed by atoms with Crippen LogP contribution in [0.4, 0.5) is 0 Å². The molecule has 0 N–H and O–H groups in total. The Morgan fingerprint density at radius 2 is 1.70 bits per heavy atom. The second kappa shape index (κ2) is 4.23. The number of aromatic nitrogens is 4. The van der Waals surface area contributed by atoms with Crippen LogP contribution < -0.4 is 0 Å². The minimum absolute atomic E-state index is 0.473. The maximum absolute atomic E-state index is 6.26. The maximum atomic E-state index is 6.26. The predicted octanol–water partition coefficient (Wildman–Crippen LogP) is 4.03. The van der Waals surface area contributed by atoms with Crippen molar-refractivity contribution in [3.63, 3.8) is 0 Å². The lowest BCUT2D eigenvalue weighted by Gasteiger charge is -2.04. The van der Waals surface area contributed by atoms with E-state index in [9.17, 15) is 0 Å². The van der Waals surface area contributed by atoms with Gasteiger partial charge in [0.15, 0.2) is 0 Å². The van der Waals surface area contributed by atoms with Crippen molar-refractivity contribution in [2.75, 3.05) is 0 Å². The van der Waals surface area contributed by atoms with Crippen LogP contribution in [0.5, 0.6) is 0 Å². The first-order valence-corrected chi connectivity index (χ1v) is 6.66. The van der Waals surface area contributed by atoms with Crippen molar-refractivity contribution in [2.24, 2.45) is 0 Å². The molecular weight excluding hydrogens is 295 g/mol. The summed E-state index contributed by atoms with van der Waals surface area (Å²) in [5, 5.41) is 10.2. The lowest BCUT2D eigenvalue weighted by atomic mass is 10.2. The third kappa shape index (κ3) is 1.69. The molecule has 0 atom stereocenters. The Bertz CT molecular complexity index is 985. The highest BCUT2D eigenvalue weighted by Gasteiger charge is 2.10. The monoisotopic (exact) mass is 300 g/mol. The molecule has 0 radical (unpaired) electrons. The minimum atomic E-state index is 0.473. The van der Waals surface area contributed by atoms with Crippen LogP contribution in [0.2, 0.25) is 10.0 Å². The molecule has 2 heterocycles. The lowest BCUT2D eigenvalue weighted by Crippen LogP contribution is -1.94. The lowest BCUT2D eigenvalue weighted by molar-refractivity contribution is 1.09. The summed E-state index contributed by atoms with van der Waals surface area (Å²) in [6.07, 6.45) is 0. The molecule has 0 unspecified atom stereocenters. The van der Waals surface area contributed by atoms with Gasteiger partial charge in [-0.2, -0.15) is 0 Å². The van der Waals surface area contributed by atoms with Gasteiger partial charge in [-0.25, -0.2) is 9.97 Å². The molecule has 0 saturated carbocycles. The predicted molar refractivity (Wildman–Crippen MR) is 80.2 cm³/mol. The van der Waals surface area contributed by atoms with E-state index in [1.807, 2.05) is 18.2 Å². The van der Waals surface area contributed by atoms with E-state index in [1.165, 1.54) is 0 Å². The normalized spacial score (nSPS) is 11.5. The number of rotatable bonds is 0. The van der Waals surface area contributed by atoms with E-state index in [1.54, 1.807) is 18.2 Å². The van der Waals surface area contributed by atoms with Crippen molar-refractivity contribution >= 4 is 56.3 Å². The highest BCUT2D eigenvalue weighted by molar-refractivity contribution is 6.37. The quantitative estimate of drug-likeness (QED) is 0.363. The van der Waals surface area contributed by atoms with Gasteiger partial charge in [0.25, 0.3) is 0 Å². The van der Waals surface area contributed by atoms with Crippen molar-refractivity contribution in [3.05, 3.63) is 46.4 Å². The highest BCUT2D eigenvalue weighted by atomic mass is 35.5. The number of fused-ring (bicyclic) bond motifs is 4. The van der Waals surface area contributed by atoms with Gasteiger partial charge in [-0.05, 0) is 30.3 Å². The van der Waals surface area contributed by atoms with Crippen molar-refractivity contribution in [2.45, 2.75) is 0 Å². The summed E-state index contributed by atoms with van der Waals surface area (Å²) in [5.41, 5.74) is 3.23. The van der Waals surface area contributed by atoms with Gasteiger partial charge >= 0.3 is 0 Å². The Hall–Kier alpha value is -2.04. The van der Waals surface area contributed by atoms with Crippen molar-refractivity contribution in [3.8, 4) is 0 Å². The molecule has 6 heteroatoms. The van der Waals surface area contributed by atoms with Crippen LogP contribution in [0.1, 0.15) is 0 Å². The van der Waals surface area contributed by atoms with Gasteiger partial charge in [0.2, 0.25) is 5.65 Å². The van der Waals surface area contributed by atoms with E-state index in [-0.39, 0.29) is 0 Å². The van der Waals surface area contributed by atoms with Crippen LogP contribution in [0.15, 0.2) is 36.4 Å². The molecule has 0 aliphatic rings. The largest absolute Gasteiger partial charge is 0.242 e. The average molecular weight is 301 g/mol. The van der Waals surface area contributed by atoms with Crippen LogP contribution >= 0.6 is 23.2 Å². The van der Waals surface area contributed by atoms with Gasteiger partial charge in [-0.15, -0.1) is 10.2 Å². The van der Waals surface area contributed by atoms with Crippen LogP contribution in [-0.4, -0.2) is 20.2 Å². The van der Waals surface area contributed by atoms with Crippen LogP contribution in [0.3, 0.4) is 0 Å². The molecule has 4 rings (SSSR count). The molecule has 0 saturated heterocycles.